The zero-order valence-electron chi connectivity index (χ0n) is 42.3. The third-order valence-corrected chi connectivity index (χ3v) is 12.8. The van der Waals surface area contributed by atoms with Crippen molar-refractivity contribution in [2.45, 2.75) is 85.9 Å². The Morgan fingerprint density at radius 2 is 1.30 bits per heavy atom. The first-order chi connectivity index (χ1) is 33.2. The molecule has 334 valence electrons. The van der Waals surface area contributed by atoms with E-state index in [-0.39, 0.29) is 20.1 Å². The van der Waals surface area contributed by atoms with Crippen LogP contribution in [0, 0.1) is 19.0 Å². The fourth-order valence-corrected chi connectivity index (χ4v) is 9.58. The van der Waals surface area contributed by atoms with Crippen molar-refractivity contribution in [2.24, 2.45) is 0 Å². The average molecular weight is 1060 g/mol. The molecule has 6 heteroatoms. The molecule has 0 aliphatic rings. The number of hydrogen-bond acceptors (Lipinski definition) is 2. The van der Waals surface area contributed by atoms with Gasteiger partial charge >= 0.3 is 20.1 Å². The van der Waals surface area contributed by atoms with Gasteiger partial charge < -0.3 is 13.6 Å². The maximum atomic E-state index is 7.84. The molecule has 0 atom stereocenters. The quantitative estimate of drug-likeness (QED) is 0.113. The van der Waals surface area contributed by atoms with Crippen LogP contribution in [0.2, 0.25) is 0 Å². The van der Waals surface area contributed by atoms with Gasteiger partial charge in [-0.2, -0.15) is 0 Å². The van der Waals surface area contributed by atoms with Gasteiger partial charge in [-0.05, 0) is 99.9 Å². The molecule has 0 amide bonds. The van der Waals surface area contributed by atoms with E-state index in [0.29, 0.717) is 40.4 Å². The molecule has 67 heavy (non-hydrogen) atoms. The van der Waals surface area contributed by atoms with Crippen LogP contribution in [0.5, 0.6) is 0 Å². The van der Waals surface area contributed by atoms with E-state index in [2.05, 4.69) is 168 Å². The fourth-order valence-electron chi connectivity index (χ4n) is 9.58. The van der Waals surface area contributed by atoms with Gasteiger partial charge in [-0.1, -0.05) is 151 Å². The molecule has 3 aromatic heterocycles. The van der Waals surface area contributed by atoms with Crippen molar-refractivity contribution in [2.75, 3.05) is 0 Å². The number of rotatable bonds is 8. The fraction of sp³-hybridized carbons (Fsp3) is 0.213. The summed E-state index contributed by atoms with van der Waals surface area (Å²) >= 11 is 0. The van der Waals surface area contributed by atoms with Crippen molar-refractivity contribution in [1.29, 1.82) is 0 Å². The van der Waals surface area contributed by atoms with Crippen molar-refractivity contribution >= 4 is 54.8 Å². The minimum absolute atomic E-state index is 0. The number of imidazole rings is 2. The minimum atomic E-state index is -2.17. The number of para-hydroxylation sites is 6. The second-order valence-corrected chi connectivity index (χ2v) is 18.6. The SMILES string of the molecule is CC(C)c1cccc(C(C)C)c1-n1c(-c2[c-]cccc2)nc2ccccc21.[2H]C([2H])([2H])c1ccc2cc3c(cc2c1)oc1c(-c2[n-]c4ccccc4[n+]2-c2c(C(C)C)cccc2C(C)C)[c-]ccc13.[Ir+3]. The summed E-state index contributed by atoms with van der Waals surface area (Å²) in [6.07, 6.45) is 0. The molecule has 0 unspecified atom stereocenters. The summed E-state index contributed by atoms with van der Waals surface area (Å²) < 4.78 is 34.7. The third-order valence-electron chi connectivity index (χ3n) is 12.8. The number of furan rings is 1. The zero-order chi connectivity index (χ0) is 48.3. The largest absolute Gasteiger partial charge is 3.00 e. The van der Waals surface area contributed by atoms with E-state index in [1.807, 2.05) is 48.5 Å². The van der Waals surface area contributed by atoms with Crippen LogP contribution in [0.25, 0.3) is 88.9 Å². The van der Waals surface area contributed by atoms with Crippen LogP contribution in [-0.4, -0.2) is 9.55 Å². The van der Waals surface area contributed by atoms with E-state index < -0.39 is 6.85 Å². The summed E-state index contributed by atoms with van der Waals surface area (Å²) in [6.45, 7) is 15.8. The maximum Gasteiger partial charge on any atom is 3.00 e. The summed E-state index contributed by atoms with van der Waals surface area (Å²) in [7, 11) is 0. The number of fused-ring (bicyclic) bond motifs is 6. The van der Waals surface area contributed by atoms with Gasteiger partial charge in [-0.15, -0.1) is 54.1 Å². The van der Waals surface area contributed by atoms with Gasteiger partial charge in [0.1, 0.15) is 5.58 Å². The summed E-state index contributed by atoms with van der Waals surface area (Å²) in [5, 5.41) is 3.75. The molecule has 8 aromatic carbocycles. The summed E-state index contributed by atoms with van der Waals surface area (Å²) in [5.74, 6) is 3.20. The first-order valence-electron chi connectivity index (χ1n) is 24.7. The summed E-state index contributed by atoms with van der Waals surface area (Å²) in [4.78, 5) is 10.2. The Morgan fingerprint density at radius 3 is 1.99 bits per heavy atom. The molecule has 0 aliphatic heterocycles. The van der Waals surface area contributed by atoms with E-state index in [0.717, 1.165) is 72.1 Å². The zero-order valence-corrected chi connectivity index (χ0v) is 41.7. The molecule has 11 aromatic rings. The molecule has 0 saturated carbocycles. The summed E-state index contributed by atoms with van der Waals surface area (Å²) in [5.41, 5.74) is 15.3. The van der Waals surface area contributed by atoms with E-state index in [4.69, 9.17) is 18.5 Å². The molecule has 3 heterocycles. The van der Waals surface area contributed by atoms with Crippen LogP contribution >= 0.6 is 0 Å². The van der Waals surface area contributed by atoms with Gasteiger partial charge in [0.15, 0.2) is 0 Å². The van der Waals surface area contributed by atoms with Crippen LogP contribution in [0.1, 0.15) is 111 Å². The van der Waals surface area contributed by atoms with E-state index in [9.17, 15) is 0 Å². The van der Waals surface area contributed by atoms with Gasteiger partial charge in [0.2, 0.25) is 0 Å². The van der Waals surface area contributed by atoms with Gasteiger partial charge in [0, 0.05) is 20.9 Å². The van der Waals surface area contributed by atoms with Crippen molar-refractivity contribution in [3.63, 3.8) is 0 Å². The Hall–Kier alpha value is -6.59. The van der Waals surface area contributed by atoms with Gasteiger partial charge in [0.05, 0.1) is 39.3 Å². The van der Waals surface area contributed by atoms with Crippen LogP contribution in [0.15, 0.2) is 156 Å². The van der Waals surface area contributed by atoms with E-state index in [1.54, 1.807) is 12.1 Å². The number of benzene rings is 8. The predicted octanol–water partition coefficient (Wildman–Crippen LogP) is 15.9. The normalized spacial score (nSPS) is 12.6. The summed E-state index contributed by atoms with van der Waals surface area (Å²) in [6, 6.07) is 58.1. The van der Waals surface area contributed by atoms with Gasteiger partial charge in [-0.25, -0.2) is 0 Å². The monoisotopic (exact) mass is 1060 g/mol. The van der Waals surface area contributed by atoms with Crippen molar-refractivity contribution < 1.29 is 33.2 Å². The smallest absolute Gasteiger partial charge is 0.501 e. The van der Waals surface area contributed by atoms with Crippen LogP contribution in [0.3, 0.4) is 0 Å². The topological polar surface area (TPSA) is 48.9 Å². The Bertz CT molecular complexity index is 3640. The van der Waals surface area contributed by atoms with E-state index in [1.165, 1.54) is 27.9 Å². The van der Waals surface area contributed by atoms with E-state index >= 15 is 0 Å². The molecular formula is C61H56IrN4O+. The molecule has 5 nitrogen and oxygen atoms in total. The first kappa shape index (κ1) is 41.8. The molecule has 0 fully saturated rings. The third kappa shape index (κ3) is 8.21. The number of hydrogen-bond donors (Lipinski definition) is 0. The Morgan fingerprint density at radius 1 is 0.627 bits per heavy atom. The molecular weight excluding hydrogens is 997 g/mol. The predicted molar refractivity (Wildman–Crippen MR) is 274 cm³/mol. The molecule has 0 N–H and O–H groups in total. The molecule has 0 radical (unpaired) electrons. The number of aromatic nitrogens is 4. The van der Waals surface area contributed by atoms with Crippen molar-refractivity contribution in [1.82, 2.24) is 14.5 Å². The van der Waals surface area contributed by atoms with Crippen LogP contribution < -0.4 is 9.55 Å². The Labute approximate surface area is 412 Å². The second kappa shape index (κ2) is 18.6. The minimum Gasteiger partial charge on any atom is -0.501 e. The standard InChI is InChI=1S/C36H31N2O.C25H25N2.Ir/c1-21(2)26-10-8-11-27(22(3)4)34(26)38-32-15-7-6-14-31(32)37-36(38)29-13-9-12-28-30-19-24-17-16-23(5)18-25(24)20-33(30)39-35(28)29;1-17(2)20-13-10-14-21(18(3)4)24(20)27-23-16-9-8-15-22(23)26-25(27)19-11-6-5-7-12-19;/h6-12,14-22H,1-5H3;5-11,13-18H,1-4H3;/q2*-1;+3/i5D3;;. The van der Waals surface area contributed by atoms with Crippen molar-refractivity contribution in [3.8, 4) is 34.2 Å². The average Bonchev–Trinajstić information content (AvgIpc) is 4.04. The van der Waals surface area contributed by atoms with Crippen molar-refractivity contribution in [3.05, 3.63) is 192 Å². The first-order valence-corrected chi connectivity index (χ1v) is 23.2. The van der Waals surface area contributed by atoms with Gasteiger partial charge in [-0.3, -0.25) is 9.97 Å². The molecule has 0 aliphatic carbocycles. The Balaban J connectivity index is 0.000000188. The molecule has 11 rings (SSSR count). The second-order valence-electron chi connectivity index (χ2n) is 18.6. The van der Waals surface area contributed by atoms with Crippen LogP contribution in [-0.2, 0) is 20.1 Å². The van der Waals surface area contributed by atoms with Crippen LogP contribution in [0.4, 0.5) is 0 Å². The number of nitrogens with zero attached hydrogens (tertiary/aromatic N) is 4. The molecule has 0 bridgehead atoms. The maximum absolute atomic E-state index is 7.84. The molecule has 0 saturated heterocycles. The molecule has 0 spiro atoms. The Kier molecular flexibility index (Phi) is 11.6. The van der Waals surface area contributed by atoms with Gasteiger partial charge in [0.25, 0.3) is 0 Å². The number of aryl methyl sites for hydroxylation is 1.